The lowest BCUT2D eigenvalue weighted by Gasteiger charge is -2.19. The SMILES string of the molecule is CCOC(=O)c1cnc2cc(OC)c(CCCNC(=O)OC(C)(C)C)cc2c1Nc1ccc(Cl)c(Cl)c1. The van der Waals surface area contributed by atoms with Gasteiger partial charge in [0.05, 0.1) is 35.0 Å². The Morgan fingerprint density at radius 1 is 1.08 bits per heavy atom. The highest BCUT2D eigenvalue weighted by Crippen LogP contribution is 2.35. The molecular formula is C27H31Cl2N3O5. The van der Waals surface area contributed by atoms with Crippen LogP contribution < -0.4 is 15.4 Å². The second kappa shape index (κ2) is 12.3. The number of aryl methyl sites for hydroxylation is 1. The van der Waals surface area contributed by atoms with Crippen molar-refractivity contribution in [1.29, 1.82) is 0 Å². The quantitative estimate of drug-likeness (QED) is 0.221. The summed E-state index contributed by atoms with van der Waals surface area (Å²) >= 11 is 12.3. The number of nitrogens with one attached hydrogen (secondary N) is 2. The van der Waals surface area contributed by atoms with Crippen LogP contribution in [0.5, 0.6) is 5.75 Å². The van der Waals surface area contributed by atoms with Crippen LogP contribution in [-0.4, -0.2) is 42.9 Å². The van der Waals surface area contributed by atoms with E-state index in [1.54, 1.807) is 32.2 Å². The van der Waals surface area contributed by atoms with Gasteiger partial charge in [0.25, 0.3) is 0 Å². The van der Waals surface area contributed by atoms with Gasteiger partial charge < -0.3 is 24.8 Å². The molecule has 2 aromatic carbocycles. The van der Waals surface area contributed by atoms with E-state index in [-0.39, 0.29) is 12.2 Å². The van der Waals surface area contributed by atoms with Crippen molar-refractivity contribution >= 4 is 57.5 Å². The first-order valence-corrected chi connectivity index (χ1v) is 12.6. The monoisotopic (exact) mass is 547 g/mol. The molecule has 0 bridgehead atoms. The standard InChI is InChI=1S/C27H31Cl2N3O5/c1-6-36-25(33)19-15-31-22-14-23(35-5)16(8-7-11-30-26(34)37-27(2,3)4)12-18(22)24(19)32-17-9-10-20(28)21(29)13-17/h9-10,12-15H,6-8,11H2,1-5H3,(H,30,34)(H,31,32). The third-order valence-electron chi connectivity index (χ3n) is 5.25. The smallest absolute Gasteiger partial charge is 0.407 e. The van der Waals surface area contributed by atoms with Crippen LogP contribution in [-0.2, 0) is 15.9 Å². The summed E-state index contributed by atoms with van der Waals surface area (Å²) in [7, 11) is 1.59. The van der Waals surface area contributed by atoms with E-state index < -0.39 is 17.7 Å². The van der Waals surface area contributed by atoms with Crippen LogP contribution in [0.2, 0.25) is 10.0 Å². The number of hydrogen-bond donors (Lipinski definition) is 2. The number of anilines is 2. The van der Waals surface area contributed by atoms with Gasteiger partial charge in [-0.15, -0.1) is 0 Å². The van der Waals surface area contributed by atoms with Crippen LogP contribution in [0.4, 0.5) is 16.2 Å². The van der Waals surface area contributed by atoms with Gasteiger partial charge in [0.15, 0.2) is 0 Å². The first-order chi connectivity index (χ1) is 17.5. The minimum absolute atomic E-state index is 0.224. The number of nitrogens with zero attached hydrogens (tertiary/aromatic N) is 1. The summed E-state index contributed by atoms with van der Waals surface area (Å²) in [5.41, 5.74) is 2.41. The van der Waals surface area contributed by atoms with E-state index in [9.17, 15) is 9.59 Å². The first kappa shape index (κ1) is 28.3. The molecule has 10 heteroatoms. The number of ether oxygens (including phenoxy) is 3. The minimum Gasteiger partial charge on any atom is -0.496 e. The summed E-state index contributed by atoms with van der Waals surface area (Å²) < 4.78 is 16.2. The number of alkyl carbamates (subject to hydrolysis) is 1. The molecule has 0 aliphatic heterocycles. The Bertz CT molecular complexity index is 1290. The molecule has 0 saturated heterocycles. The molecule has 0 radical (unpaired) electrons. The normalized spacial score (nSPS) is 11.2. The third-order valence-corrected chi connectivity index (χ3v) is 5.98. The lowest BCUT2D eigenvalue weighted by atomic mass is 10.0. The number of halogens is 2. The molecule has 0 spiro atoms. The summed E-state index contributed by atoms with van der Waals surface area (Å²) in [4.78, 5) is 29.2. The van der Waals surface area contributed by atoms with Crippen LogP contribution in [0, 0.1) is 0 Å². The summed E-state index contributed by atoms with van der Waals surface area (Å²) in [5, 5.41) is 7.56. The minimum atomic E-state index is -0.563. The molecule has 0 aliphatic rings. The molecule has 3 rings (SSSR count). The van der Waals surface area contributed by atoms with E-state index in [1.807, 2.05) is 32.9 Å². The summed E-state index contributed by atoms with van der Waals surface area (Å²) in [6.07, 6.45) is 2.26. The van der Waals surface area contributed by atoms with E-state index in [0.29, 0.717) is 57.5 Å². The fraction of sp³-hybridized carbons (Fsp3) is 0.370. The van der Waals surface area contributed by atoms with E-state index in [2.05, 4.69) is 15.6 Å². The van der Waals surface area contributed by atoms with Gasteiger partial charge in [0.1, 0.15) is 16.9 Å². The van der Waals surface area contributed by atoms with Crippen LogP contribution >= 0.6 is 23.2 Å². The molecule has 1 heterocycles. The maximum atomic E-state index is 12.8. The molecular weight excluding hydrogens is 517 g/mol. The van der Waals surface area contributed by atoms with Crippen molar-refractivity contribution in [2.75, 3.05) is 25.6 Å². The maximum absolute atomic E-state index is 12.8. The van der Waals surface area contributed by atoms with E-state index in [1.165, 1.54) is 6.20 Å². The van der Waals surface area contributed by atoms with Crippen molar-refractivity contribution in [3.05, 3.63) is 57.7 Å². The molecule has 0 aliphatic carbocycles. The highest BCUT2D eigenvalue weighted by Gasteiger charge is 2.20. The highest BCUT2D eigenvalue weighted by molar-refractivity contribution is 6.42. The van der Waals surface area contributed by atoms with Gasteiger partial charge in [-0.05, 0) is 70.4 Å². The molecule has 0 saturated carbocycles. The molecule has 0 fully saturated rings. The fourth-order valence-corrected chi connectivity index (χ4v) is 3.95. The van der Waals surface area contributed by atoms with E-state index >= 15 is 0 Å². The zero-order chi connectivity index (χ0) is 27.2. The molecule has 198 valence electrons. The largest absolute Gasteiger partial charge is 0.496 e. The average Bonchev–Trinajstić information content (AvgIpc) is 2.83. The van der Waals surface area contributed by atoms with Gasteiger partial charge in [-0.25, -0.2) is 9.59 Å². The summed E-state index contributed by atoms with van der Waals surface area (Å²) in [5.74, 6) is 0.153. The molecule has 0 unspecified atom stereocenters. The van der Waals surface area contributed by atoms with Crippen LogP contribution in [0.15, 0.2) is 36.5 Å². The lowest BCUT2D eigenvalue weighted by Crippen LogP contribution is -2.33. The molecule has 1 amide bonds. The molecule has 0 atom stereocenters. The maximum Gasteiger partial charge on any atom is 0.407 e. The lowest BCUT2D eigenvalue weighted by molar-refractivity contribution is 0.0516. The van der Waals surface area contributed by atoms with Crippen molar-refractivity contribution in [2.24, 2.45) is 0 Å². The number of carbonyl (C=O) groups is 2. The number of carbonyl (C=O) groups excluding carboxylic acids is 2. The Morgan fingerprint density at radius 3 is 2.49 bits per heavy atom. The predicted molar refractivity (Wildman–Crippen MR) is 147 cm³/mol. The zero-order valence-corrected chi connectivity index (χ0v) is 23.0. The number of hydrogen-bond acceptors (Lipinski definition) is 7. The highest BCUT2D eigenvalue weighted by atomic mass is 35.5. The Balaban J connectivity index is 1.95. The van der Waals surface area contributed by atoms with Crippen molar-refractivity contribution < 1.29 is 23.8 Å². The third kappa shape index (κ3) is 7.63. The number of benzene rings is 2. The Labute approximate surface area is 226 Å². The topological polar surface area (TPSA) is 98.8 Å². The second-order valence-electron chi connectivity index (χ2n) is 9.23. The van der Waals surface area contributed by atoms with Crippen LogP contribution in [0.3, 0.4) is 0 Å². The Hall–Kier alpha value is -3.23. The fourth-order valence-electron chi connectivity index (χ4n) is 3.65. The second-order valence-corrected chi connectivity index (χ2v) is 10.0. The van der Waals surface area contributed by atoms with E-state index in [4.69, 9.17) is 37.4 Å². The summed E-state index contributed by atoms with van der Waals surface area (Å²) in [6.45, 7) is 7.83. The molecule has 1 aromatic heterocycles. The van der Waals surface area contributed by atoms with Gasteiger partial charge in [-0.2, -0.15) is 0 Å². The number of aromatic nitrogens is 1. The van der Waals surface area contributed by atoms with Gasteiger partial charge in [0.2, 0.25) is 0 Å². The van der Waals surface area contributed by atoms with Gasteiger partial charge in [-0.3, -0.25) is 4.98 Å². The molecule has 3 aromatic rings. The predicted octanol–water partition coefficient (Wildman–Crippen LogP) is 6.93. The van der Waals surface area contributed by atoms with Crippen molar-refractivity contribution in [1.82, 2.24) is 10.3 Å². The molecule has 2 N–H and O–H groups in total. The molecule has 8 nitrogen and oxygen atoms in total. The number of esters is 1. The Kier molecular flexibility index (Phi) is 9.45. The first-order valence-electron chi connectivity index (χ1n) is 11.9. The number of amides is 1. The van der Waals surface area contributed by atoms with Crippen LogP contribution in [0.25, 0.3) is 10.9 Å². The number of methoxy groups -OCH3 is 1. The number of rotatable bonds is 9. The summed E-state index contributed by atoms with van der Waals surface area (Å²) in [6, 6.07) is 8.87. The molecule has 37 heavy (non-hydrogen) atoms. The number of fused-ring (bicyclic) bond motifs is 1. The van der Waals surface area contributed by atoms with Gasteiger partial charge >= 0.3 is 12.1 Å². The average molecular weight is 548 g/mol. The van der Waals surface area contributed by atoms with Crippen molar-refractivity contribution in [3.8, 4) is 5.75 Å². The van der Waals surface area contributed by atoms with E-state index in [0.717, 1.165) is 5.56 Å². The van der Waals surface area contributed by atoms with Crippen LogP contribution in [0.1, 0.15) is 50.0 Å². The van der Waals surface area contributed by atoms with Gasteiger partial charge in [-0.1, -0.05) is 23.2 Å². The zero-order valence-electron chi connectivity index (χ0n) is 21.5. The van der Waals surface area contributed by atoms with Crippen molar-refractivity contribution in [3.63, 3.8) is 0 Å². The number of pyridine rings is 1. The Morgan fingerprint density at radius 2 is 1.84 bits per heavy atom. The van der Waals surface area contributed by atoms with Crippen molar-refractivity contribution in [2.45, 2.75) is 46.1 Å². The van der Waals surface area contributed by atoms with Gasteiger partial charge in [0, 0.05) is 29.9 Å².